The second-order valence-electron chi connectivity index (χ2n) is 14.4. The molecule has 0 saturated carbocycles. The van der Waals surface area contributed by atoms with E-state index in [0.717, 1.165) is 42.7 Å². The summed E-state index contributed by atoms with van der Waals surface area (Å²) >= 11 is 6.44. The van der Waals surface area contributed by atoms with Gasteiger partial charge < -0.3 is 30.7 Å². The van der Waals surface area contributed by atoms with Crippen molar-refractivity contribution in [2.75, 3.05) is 57.4 Å². The monoisotopic (exact) mass is 671 g/mol. The van der Waals surface area contributed by atoms with Gasteiger partial charge in [0.15, 0.2) is 0 Å². The number of nitrogen functional groups attached to an aromatic ring is 1. The molecule has 0 aromatic heterocycles. The summed E-state index contributed by atoms with van der Waals surface area (Å²) in [5.74, 6) is 2.03. The average Bonchev–Trinajstić information content (AvgIpc) is 3.69. The van der Waals surface area contributed by atoms with Crippen molar-refractivity contribution in [2.45, 2.75) is 75.7 Å². The molecule has 254 valence electrons. The molecule has 5 heterocycles. The van der Waals surface area contributed by atoms with E-state index in [2.05, 4.69) is 28.1 Å². The maximum Gasteiger partial charge on any atom is 0.322 e. The molecule has 0 aliphatic carbocycles. The minimum absolute atomic E-state index is 0.0122. The number of piperidine rings is 2. The zero-order valence-corrected chi connectivity index (χ0v) is 28.5. The van der Waals surface area contributed by atoms with Gasteiger partial charge in [-0.15, -0.1) is 6.42 Å². The molecule has 4 fully saturated rings. The quantitative estimate of drug-likeness (QED) is 0.342. The maximum atomic E-state index is 14.2. The minimum atomic E-state index is -0.544. The normalized spacial score (nSPS) is 24.4. The number of hydrogen-bond donors (Lipinski definition) is 2. The molecular weight excluding hydrogens is 626 g/mol. The van der Waals surface area contributed by atoms with Crippen LogP contribution in [0, 0.1) is 18.3 Å². The van der Waals surface area contributed by atoms with Crippen LogP contribution in [0.1, 0.15) is 55.2 Å². The molecule has 5 aliphatic heterocycles. The minimum Gasteiger partial charge on any atom is -0.397 e. The second kappa shape index (κ2) is 13.6. The van der Waals surface area contributed by atoms with Crippen LogP contribution >= 0.6 is 11.6 Å². The number of benzene rings is 2. The highest BCUT2D eigenvalue weighted by molar-refractivity contribution is 6.33. The molecule has 2 aromatic carbocycles. The van der Waals surface area contributed by atoms with Crippen LogP contribution in [0.3, 0.4) is 0 Å². The number of carbonyl (C=O) groups excluding carboxylic acids is 3. The molecule has 3 N–H and O–H groups in total. The van der Waals surface area contributed by atoms with Crippen molar-refractivity contribution in [3.8, 4) is 12.3 Å². The van der Waals surface area contributed by atoms with Gasteiger partial charge in [-0.1, -0.05) is 35.7 Å². The van der Waals surface area contributed by atoms with Crippen LogP contribution in [0.5, 0.6) is 0 Å². The van der Waals surface area contributed by atoms with Crippen molar-refractivity contribution >= 4 is 40.8 Å². The first kappa shape index (κ1) is 32.8. The summed E-state index contributed by atoms with van der Waals surface area (Å²) in [6.07, 6.45) is 10.7. The summed E-state index contributed by atoms with van der Waals surface area (Å²) in [7, 11) is 2.22. The van der Waals surface area contributed by atoms with Crippen LogP contribution in [0.25, 0.3) is 0 Å². The standard InChI is InChI=1S/C37H46ClN7O3/c1-3-25-16-24(18-32(38)35(25)39)17-27(36(47)43-14-10-28(11-15-43)44-23-30-20-31(44)22-41(30)2)19-34(46)42-12-8-29(9-13-42)45-21-26-6-4-5-7-33(26)40-37(45)48/h1,4-7,16,18,27-31H,8-15,17,19-23,39H2,2H3,(H,40,48)/t27-,30?,31?/m0/s1. The Kier molecular flexibility index (Phi) is 9.29. The number of likely N-dealkylation sites (N-methyl/N-ethyl adjacent to an activating group) is 1. The number of carbonyl (C=O) groups is 3. The molecule has 4 saturated heterocycles. The van der Waals surface area contributed by atoms with E-state index in [1.54, 1.807) is 6.07 Å². The number of nitrogens with two attached hydrogens (primary N) is 1. The van der Waals surface area contributed by atoms with E-state index in [4.69, 9.17) is 23.8 Å². The lowest BCUT2D eigenvalue weighted by Crippen LogP contribution is -2.54. The average molecular weight is 672 g/mol. The van der Waals surface area contributed by atoms with Gasteiger partial charge >= 0.3 is 6.03 Å². The Bertz CT molecular complexity index is 1610. The van der Waals surface area contributed by atoms with Gasteiger partial charge in [-0.3, -0.25) is 14.5 Å². The summed E-state index contributed by atoms with van der Waals surface area (Å²) < 4.78 is 0. The van der Waals surface area contributed by atoms with Crippen LogP contribution in [0.15, 0.2) is 36.4 Å². The third kappa shape index (κ3) is 6.48. The van der Waals surface area contributed by atoms with Crippen LogP contribution < -0.4 is 11.1 Å². The van der Waals surface area contributed by atoms with E-state index in [1.807, 2.05) is 45.0 Å². The number of likely N-dealkylation sites (tertiary alicyclic amines) is 4. The third-order valence-electron chi connectivity index (χ3n) is 11.5. The predicted molar refractivity (Wildman–Crippen MR) is 187 cm³/mol. The molecule has 5 aliphatic rings. The molecule has 0 spiro atoms. The summed E-state index contributed by atoms with van der Waals surface area (Å²) in [5.41, 5.74) is 9.69. The number of terminal acetylenes is 1. The number of anilines is 2. The second-order valence-corrected chi connectivity index (χ2v) is 14.8. The van der Waals surface area contributed by atoms with E-state index in [9.17, 15) is 14.4 Å². The molecule has 10 nitrogen and oxygen atoms in total. The molecular formula is C37H46ClN7O3. The third-order valence-corrected chi connectivity index (χ3v) is 11.8. The molecule has 2 bridgehead atoms. The van der Waals surface area contributed by atoms with Crippen LogP contribution in [-0.4, -0.2) is 113 Å². The zero-order chi connectivity index (χ0) is 33.5. The fourth-order valence-electron chi connectivity index (χ4n) is 8.75. The number of para-hydroxylation sites is 1. The Morgan fingerprint density at radius 3 is 2.40 bits per heavy atom. The van der Waals surface area contributed by atoms with Gasteiger partial charge in [0.25, 0.3) is 0 Å². The highest BCUT2D eigenvalue weighted by Gasteiger charge is 2.45. The topological polar surface area (TPSA) is 105 Å². The Morgan fingerprint density at radius 2 is 1.71 bits per heavy atom. The molecule has 2 unspecified atom stereocenters. The van der Waals surface area contributed by atoms with Crippen molar-refractivity contribution < 1.29 is 14.4 Å². The lowest BCUT2D eigenvalue weighted by Gasteiger charge is -2.42. The fourth-order valence-corrected chi connectivity index (χ4v) is 8.99. The first-order valence-corrected chi connectivity index (χ1v) is 17.8. The van der Waals surface area contributed by atoms with E-state index in [0.29, 0.717) is 86.4 Å². The molecule has 7 rings (SSSR count). The Morgan fingerprint density at radius 1 is 1.00 bits per heavy atom. The number of urea groups is 1. The Balaban J connectivity index is 1.00. The van der Waals surface area contributed by atoms with Crippen LogP contribution in [-0.2, 0) is 22.6 Å². The molecule has 11 heteroatoms. The van der Waals surface area contributed by atoms with Crippen LogP contribution in [0.4, 0.5) is 16.2 Å². The summed E-state index contributed by atoms with van der Waals surface area (Å²) in [5, 5.41) is 3.36. The molecule has 4 amide bonds. The van der Waals surface area contributed by atoms with Gasteiger partial charge in [0, 0.05) is 87.7 Å². The van der Waals surface area contributed by atoms with Gasteiger partial charge in [0.2, 0.25) is 11.8 Å². The summed E-state index contributed by atoms with van der Waals surface area (Å²) in [4.78, 5) is 51.8. The summed E-state index contributed by atoms with van der Waals surface area (Å²) in [6.45, 7) is 5.30. The number of nitrogens with zero attached hydrogens (tertiary/aromatic N) is 5. The smallest absolute Gasteiger partial charge is 0.322 e. The van der Waals surface area contributed by atoms with Gasteiger partial charge in [-0.05, 0) is 74.9 Å². The largest absolute Gasteiger partial charge is 0.397 e. The first-order valence-electron chi connectivity index (χ1n) is 17.4. The highest BCUT2D eigenvalue weighted by Crippen LogP contribution is 2.35. The lowest BCUT2D eigenvalue weighted by molar-refractivity contribution is -0.143. The predicted octanol–water partition coefficient (Wildman–Crippen LogP) is 3.87. The molecule has 0 radical (unpaired) electrons. The molecule has 3 atom stereocenters. The SMILES string of the molecule is C#Cc1cc(C[C@@H](CC(=O)N2CCC(N3Cc4ccccc4NC3=O)CC2)C(=O)N2CCC(N3CC4CC3CN4C)CC2)cc(Cl)c1N. The number of fused-ring (bicyclic) bond motifs is 3. The zero-order valence-electron chi connectivity index (χ0n) is 27.7. The van der Waals surface area contributed by atoms with Crippen molar-refractivity contribution in [2.24, 2.45) is 5.92 Å². The van der Waals surface area contributed by atoms with Crippen molar-refractivity contribution in [1.29, 1.82) is 0 Å². The van der Waals surface area contributed by atoms with Crippen molar-refractivity contribution in [3.05, 3.63) is 58.1 Å². The van der Waals surface area contributed by atoms with Crippen molar-refractivity contribution in [1.82, 2.24) is 24.5 Å². The maximum absolute atomic E-state index is 14.2. The van der Waals surface area contributed by atoms with Crippen LogP contribution in [0.2, 0.25) is 5.02 Å². The van der Waals surface area contributed by atoms with Gasteiger partial charge in [-0.2, -0.15) is 0 Å². The number of amides is 4. The van der Waals surface area contributed by atoms with E-state index < -0.39 is 5.92 Å². The first-order chi connectivity index (χ1) is 23.2. The van der Waals surface area contributed by atoms with E-state index >= 15 is 0 Å². The molecule has 48 heavy (non-hydrogen) atoms. The number of piperazine rings is 1. The van der Waals surface area contributed by atoms with Gasteiger partial charge in [-0.25, -0.2) is 4.79 Å². The van der Waals surface area contributed by atoms with E-state index in [-0.39, 0.29) is 30.3 Å². The number of rotatable bonds is 7. The number of nitrogens with one attached hydrogen (secondary N) is 1. The Hall–Kier alpha value is -3.78. The molecule has 2 aromatic rings. The number of halogens is 1. The van der Waals surface area contributed by atoms with Gasteiger partial charge in [0.05, 0.1) is 16.6 Å². The lowest BCUT2D eigenvalue weighted by atomic mass is 9.91. The summed E-state index contributed by atoms with van der Waals surface area (Å²) in [6, 6.07) is 13.2. The highest BCUT2D eigenvalue weighted by atomic mass is 35.5. The van der Waals surface area contributed by atoms with E-state index in [1.165, 1.54) is 6.42 Å². The number of hydrogen-bond acceptors (Lipinski definition) is 6. The Labute approximate surface area is 288 Å². The van der Waals surface area contributed by atoms with Crippen molar-refractivity contribution in [3.63, 3.8) is 0 Å². The van der Waals surface area contributed by atoms with Gasteiger partial charge in [0.1, 0.15) is 0 Å². The fraction of sp³-hybridized carbons (Fsp3) is 0.541.